The Morgan fingerprint density at radius 1 is 1.24 bits per heavy atom. The number of hydrogen-bond acceptors (Lipinski definition) is 6. The molecule has 1 aliphatic heterocycles. The quantitative estimate of drug-likeness (QED) is 0.644. The van der Waals surface area contributed by atoms with Gasteiger partial charge in [0.05, 0.1) is 7.11 Å². The largest absolute Gasteiger partial charge is 0.493 e. The zero-order valence-electron chi connectivity index (χ0n) is 17.5. The molecule has 1 aromatic heterocycles. The van der Waals surface area contributed by atoms with Crippen molar-refractivity contribution in [3.8, 4) is 5.75 Å². The number of benzene rings is 1. The van der Waals surface area contributed by atoms with E-state index in [1.807, 2.05) is 0 Å². The molecule has 2 aromatic rings. The van der Waals surface area contributed by atoms with Crippen LogP contribution in [-0.4, -0.2) is 46.8 Å². The third kappa shape index (κ3) is 4.19. The van der Waals surface area contributed by atoms with E-state index in [0.29, 0.717) is 0 Å². The van der Waals surface area contributed by atoms with Gasteiger partial charge in [-0.2, -0.15) is 17.6 Å². The molecule has 1 fully saturated rings. The van der Waals surface area contributed by atoms with Crippen molar-refractivity contribution in [1.82, 2.24) is 9.97 Å². The summed E-state index contributed by atoms with van der Waals surface area (Å²) in [6.07, 6.45) is -5.79. The van der Waals surface area contributed by atoms with E-state index in [1.165, 1.54) is 6.92 Å². The zero-order valence-corrected chi connectivity index (χ0v) is 17.5. The number of nitrogens with zero attached hydrogens (tertiary/aromatic N) is 2. The van der Waals surface area contributed by atoms with Crippen LogP contribution in [0.3, 0.4) is 0 Å². The lowest BCUT2D eigenvalue weighted by atomic mass is 9.77. The predicted octanol–water partition coefficient (Wildman–Crippen LogP) is 2.94. The van der Waals surface area contributed by atoms with E-state index in [-0.39, 0.29) is 17.1 Å². The first kappa shape index (κ1) is 24.3. The number of aromatic nitrogens is 2. The summed E-state index contributed by atoms with van der Waals surface area (Å²) < 4.78 is 80.0. The fourth-order valence-electron chi connectivity index (χ4n) is 3.80. The van der Waals surface area contributed by atoms with E-state index in [9.17, 15) is 31.5 Å². The topological polar surface area (TPSA) is 116 Å². The second kappa shape index (κ2) is 8.54. The molecular formula is C20H19F5N4O4. The third-order valence-corrected chi connectivity index (χ3v) is 5.74. The molecule has 0 aliphatic carbocycles. The number of amides is 2. The van der Waals surface area contributed by atoms with Gasteiger partial charge >= 0.3 is 6.18 Å². The minimum absolute atomic E-state index is 0.183. The first-order valence-electron chi connectivity index (χ1n) is 9.51. The molecule has 3 N–H and O–H groups in total. The van der Waals surface area contributed by atoms with Crippen LogP contribution < -0.4 is 15.8 Å². The molecule has 13 heteroatoms. The van der Waals surface area contributed by atoms with Crippen molar-refractivity contribution >= 4 is 17.6 Å². The van der Waals surface area contributed by atoms with Gasteiger partial charge in [0.1, 0.15) is 23.9 Å². The van der Waals surface area contributed by atoms with Crippen molar-refractivity contribution in [3.63, 3.8) is 0 Å². The minimum atomic E-state index is -4.90. The van der Waals surface area contributed by atoms with Crippen molar-refractivity contribution < 1.29 is 41.0 Å². The van der Waals surface area contributed by atoms with E-state index < -0.39 is 58.9 Å². The highest BCUT2D eigenvalue weighted by Crippen LogP contribution is 2.54. The summed E-state index contributed by atoms with van der Waals surface area (Å²) in [6, 6.07) is 2.79. The molecular weight excluding hydrogens is 455 g/mol. The van der Waals surface area contributed by atoms with Crippen LogP contribution in [0, 0.1) is 17.6 Å². The number of carbonyl (C=O) groups is 2. The van der Waals surface area contributed by atoms with Crippen LogP contribution in [0.15, 0.2) is 24.5 Å². The first-order valence-corrected chi connectivity index (χ1v) is 9.51. The summed E-state index contributed by atoms with van der Waals surface area (Å²) in [5, 5.41) is 2.25. The maximum absolute atomic E-state index is 14.3. The number of methoxy groups -OCH3 is 1. The second-order valence-electron chi connectivity index (χ2n) is 7.58. The van der Waals surface area contributed by atoms with Gasteiger partial charge in [0.25, 0.3) is 11.8 Å². The van der Waals surface area contributed by atoms with Gasteiger partial charge in [-0.05, 0) is 13.0 Å². The highest BCUT2D eigenvalue weighted by atomic mass is 19.4. The zero-order chi connectivity index (χ0) is 24.7. The molecule has 0 radical (unpaired) electrons. The molecule has 3 rings (SSSR count). The lowest BCUT2D eigenvalue weighted by molar-refractivity contribution is -0.272. The van der Waals surface area contributed by atoms with Crippen LogP contribution in [0.2, 0.25) is 0 Å². The van der Waals surface area contributed by atoms with E-state index in [0.717, 1.165) is 38.6 Å². The fourth-order valence-corrected chi connectivity index (χ4v) is 3.80. The Morgan fingerprint density at radius 2 is 1.91 bits per heavy atom. The molecule has 2 amide bonds. The number of nitrogens with two attached hydrogens (primary N) is 1. The molecule has 4 atom stereocenters. The van der Waals surface area contributed by atoms with Gasteiger partial charge in [-0.25, -0.2) is 14.4 Å². The SMILES string of the molecule is COc1c([C@H]2[C@@H](C(=O)Nc3cc(C(N)=O)ncn3)O[C@](C)(C(F)(F)F)[C@H]2C)ccc(F)c1F. The molecule has 0 unspecified atom stereocenters. The van der Waals surface area contributed by atoms with Gasteiger partial charge in [-0.1, -0.05) is 13.0 Å². The molecule has 1 aromatic carbocycles. The standard InChI is InChI=1S/C20H19F5N4O4/c1-8-13(9-4-5-10(21)14(22)15(9)32-3)16(33-19(8,2)20(23,24)25)18(31)29-12-6-11(17(26)30)27-7-28-12/h4-8,13,16H,1-3H3,(H2,26,30)(H,27,28,29,31)/t8-,13-,16-,19-/m0/s1. The lowest BCUT2D eigenvalue weighted by Crippen LogP contribution is -2.47. The Kier molecular flexibility index (Phi) is 6.29. The smallest absolute Gasteiger partial charge is 0.417 e. The number of alkyl halides is 3. The van der Waals surface area contributed by atoms with Crippen LogP contribution >= 0.6 is 0 Å². The maximum atomic E-state index is 14.3. The summed E-state index contributed by atoms with van der Waals surface area (Å²) in [5.41, 5.74) is 1.88. The number of anilines is 1. The number of primary amides is 1. The van der Waals surface area contributed by atoms with Gasteiger partial charge in [-0.3, -0.25) is 9.59 Å². The molecule has 33 heavy (non-hydrogen) atoms. The Balaban J connectivity index is 2.07. The Morgan fingerprint density at radius 3 is 2.48 bits per heavy atom. The molecule has 1 aliphatic rings. The average Bonchev–Trinajstić information content (AvgIpc) is 3.02. The van der Waals surface area contributed by atoms with E-state index in [1.54, 1.807) is 0 Å². The Labute approximate surface area is 184 Å². The summed E-state index contributed by atoms with van der Waals surface area (Å²) in [4.78, 5) is 31.6. The summed E-state index contributed by atoms with van der Waals surface area (Å²) >= 11 is 0. The van der Waals surface area contributed by atoms with Crippen LogP contribution in [0.5, 0.6) is 5.75 Å². The van der Waals surface area contributed by atoms with E-state index in [2.05, 4.69) is 15.3 Å². The normalized spacial score (nSPS) is 25.0. The third-order valence-electron chi connectivity index (χ3n) is 5.74. The molecule has 1 saturated heterocycles. The first-order chi connectivity index (χ1) is 15.3. The van der Waals surface area contributed by atoms with Crippen molar-refractivity contribution in [3.05, 3.63) is 47.4 Å². The molecule has 0 saturated carbocycles. The Bertz CT molecular complexity index is 1100. The predicted molar refractivity (Wildman–Crippen MR) is 103 cm³/mol. The second-order valence-corrected chi connectivity index (χ2v) is 7.58. The summed E-state index contributed by atoms with van der Waals surface area (Å²) in [5.74, 6) is -8.36. The van der Waals surface area contributed by atoms with Crippen LogP contribution in [0.25, 0.3) is 0 Å². The number of ether oxygens (including phenoxy) is 2. The van der Waals surface area contributed by atoms with Crippen molar-refractivity contribution in [2.75, 3.05) is 12.4 Å². The minimum Gasteiger partial charge on any atom is -0.493 e. The van der Waals surface area contributed by atoms with Crippen molar-refractivity contribution in [1.29, 1.82) is 0 Å². The number of carbonyl (C=O) groups excluding carboxylic acids is 2. The highest BCUT2D eigenvalue weighted by Gasteiger charge is 2.65. The van der Waals surface area contributed by atoms with Crippen molar-refractivity contribution in [2.24, 2.45) is 11.7 Å². The maximum Gasteiger partial charge on any atom is 0.417 e. The number of halogens is 5. The fraction of sp³-hybridized carbons (Fsp3) is 0.400. The number of nitrogens with one attached hydrogen (secondary N) is 1. The van der Waals surface area contributed by atoms with Crippen LogP contribution in [0.4, 0.5) is 27.8 Å². The number of rotatable bonds is 5. The summed E-state index contributed by atoms with van der Waals surface area (Å²) in [6.45, 7) is 1.95. The van der Waals surface area contributed by atoms with Gasteiger partial charge in [0.15, 0.2) is 17.2 Å². The Hall–Kier alpha value is -3.35. The van der Waals surface area contributed by atoms with Gasteiger partial charge in [0.2, 0.25) is 5.82 Å². The molecule has 178 valence electrons. The van der Waals surface area contributed by atoms with Gasteiger partial charge in [-0.15, -0.1) is 0 Å². The monoisotopic (exact) mass is 474 g/mol. The molecule has 8 nitrogen and oxygen atoms in total. The summed E-state index contributed by atoms with van der Waals surface area (Å²) in [7, 11) is 1.02. The van der Waals surface area contributed by atoms with Crippen molar-refractivity contribution in [2.45, 2.75) is 37.6 Å². The molecule has 0 spiro atoms. The average molecular weight is 474 g/mol. The van der Waals surface area contributed by atoms with E-state index >= 15 is 0 Å². The lowest BCUT2D eigenvalue weighted by Gasteiger charge is -2.32. The van der Waals surface area contributed by atoms with Crippen LogP contribution in [0.1, 0.15) is 35.8 Å². The van der Waals surface area contributed by atoms with Gasteiger partial charge in [0, 0.05) is 23.5 Å². The molecule has 2 heterocycles. The van der Waals surface area contributed by atoms with Crippen LogP contribution in [-0.2, 0) is 9.53 Å². The molecule has 0 bridgehead atoms. The highest BCUT2D eigenvalue weighted by molar-refractivity contribution is 5.96. The number of hydrogen-bond donors (Lipinski definition) is 2. The van der Waals surface area contributed by atoms with Gasteiger partial charge < -0.3 is 20.5 Å². The van der Waals surface area contributed by atoms with E-state index in [4.69, 9.17) is 15.2 Å².